The summed E-state index contributed by atoms with van der Waals surface area (Å²) in [5.41, 5.74) is 0. The van der Waals surface area contributed by atoms with Gasteiger partial charge in [-0.05, 0) is 39.5 Å². The van der Waals surface area contributed by atoms with E-state index in [0.29, 0.717) is 26.4 Å². The van der Waals surface area contributed by atoms with E-state index in [-0.39, 0.29) is 12.0 Å². The van der Waals surface area contributed by atoms with Crippen molar-refractivity contribution >= 4 is 5.91 Å². The van der Waals surface area contributed by atoms with E-state index < -0.39 is 0 Å². The Bertz CT molecular complexity index is 267. The van der Waals surface area contributed by atoms with Gasteiger partial charge in [-0.2, -0.15) is 0 Å². The van der Waals surface area contributed by atoms with Gasteiger partial charge in [0.05, 0.1) is 12.7 Å². The Labute approximate surface area is 136 Å². The molecule has 0 unspecified atom stereocenters. The second kappa shape index (κ2) is 16.5. The molecule has 0 bridgehead atoms. The van der Waals surface area contributed by atoms with Gasteiger partial charge in [0.2, 0.25) is 5.91 Å². The first kappa shape index (κ1) is 21.1. The highest BCUT2D eigenvalue weighted by atomic mass is 16.5. The van der Waals surface area contributed by atoms with E-state index in [4.69, 9.17) is 9.47 Å². The van der Waals surface area contributed by atoms with Crippen molar-refractivity contribution in [2.75, 3.05) is 19.9 Å². The van der Waals surface area contributed by atoms with Crippen LogP contribution in [0.15, 0.2) is 12.7 Å². The Morgan fingerprint density at radius 1 is 1.05 bits per heavy atom. The molecule has 0 radical (unpaired) electrons. The van der Waals surface area contributed by atoms with Gasteiger partial charge in [-0.1, -0.05) is 31.8 Å². The molecule has 4 nitrogen and oxygen atoms in total. The van der Waals surface area contributed by atoms with Crippen LogP contribution in [0.2, 0.25) is 0 Å². The highest BCUT2D eigenvalue weighted by Gasteiger charge is 2.00. The summed E-state index contributed by atoms with van der Waals surface area (Å²) in [4.78, 5) is 11.6. The highest BCUT2D eigenvalue weighted by Crippen LogP contribution is 2.08. The van der Waals surface area contributed by atoms with Crippen LogP contribution in [0.3, 0.4) is 0 Å². The second-order valence-electron chi connectivity index (χ2n) is 5.87. The number of amides is 1. The maximum atomic E-state index is 11.6. The van der Waals surface area contributed by atoms with Crippen molar-refractivity contribution in [3.8, 4) is 0 Å². The third kappa shape index (κ3) is 17.2. The molecule has 4 heteroatoms. The van der Waals surface area contributed by atoms with Gasteiger partial charge >= 0.3 is 0 Å². The van der Waals surface area contributed by atoms with Crippen molar-refractivity contribution in [1.29, 1.82) is 0 Å². The van der Waals surface area contributed by atoms with Crippen molar-refractivity contribution in [1.82, 2.24) is 5.32 Å². The molecule has 0 heterocycles. The molecule has 0 aliphatic heterocycles. The molecule has 0 saturated carbocycles. The topological polar surface area (TPSA) is 47.6 Å². The lowest BCUT2D eigenvalue weighted by molar-refractivity contribution is -0.123. The summed E-state index contributed by atoms with van der Waals surface area (Å²) in [5, 5.41) is 2.79. The van der Waals surface area contributed by atoms with Crippen molar-refractivity contribution in [2.24, 2.45) is 0 Å². The molecule has 1 N–H and O–H groups in total. The molecule has 0 rings (SSSR count). The quantitative estimate of drug-likeness (QED) is 0.264. The highest BCUT2D eigenvalue weighted by molar-refractivity contribution is 5.75. The van der Waals surface area contributed by atoms with Gasteiger partial charge in [-0.25, -0.2) is 0 Å². The monoisotopic (exact) mass is 313 g/mol. The average molecular weight is 313 g/mol. The van der Waals surface area contributed by atoms with Gasteiger partial charge in [-0.15, -0.1) is 6.58 Å². The van der Waals surface area contributed by atoms with E-state index in [9.17, 15) is 4.79 Å². The van der Waals surface area contributed by atoms with E-state index in [1.807, 2.05) is 19.9 Å². The summed E-state index contributed by atoms with van der Waals surface area (Å²) < 4.78 is 10.8. The standard InChI is InChI=1S/C18H35NO3/c1-4-5-6-7-8-9-10-11-13-18(20)19-16-21-14-12-15-22-17(2)3/h4,17H,1,5-16H2,2-3H3,(H,19,20). The third-order valence-electron chi connectivity index (χ3n) is 3.32. The number of carbonyl (C=O) groups excluding carboxylic acids is 1. The van der Waals surface area contributed by atoms with Gasteiger partial charge in [0, 0.05) is 13.0 Å². The first-order valence-electron chi connectivity index (χ1n) is 8.73. The van der Waals surface area contributed by atoms with Crippen molar-refractivity contribution in [2.45, 2.75) is 77.7 Å². The summed E-state index contributed by atoms with van der Waals surface area (Å²) in [7, 11) is 0. The van der Waals surface area contributed by atoms with Crippen LogP contribution in [-0.4, -0.2) is 32.0 Å². The summed E-state index contributed by atoms with van der Waals surface area (Å²) >= 11 is 0. The first-order valence-corrected chi connectivity index (χ1v) is 8.73. The number of nitrogens with one attached hydrogen (secondary N) is 1. The van der Waals surface area contributed by atoms with Crippen molar-refractivity contribution in [3.63, 3.8) is 0 Å². The number of hydrogen-bond acceptors (Lipinski definition) is 3. The van der Waals surface area contributed by atoms with Crippen LogP contribution in [0.5, 0.6) is 0 Å². The SMILES string of the molecule is C=CCCCCCCCCC(=O)NCOCCCOC(C)C. The molecular formula is C18H35NO3. The van der Waals surface area contributed by atoms with Crippen LogP contribution in [0, 0.1) is 0 Å². The minimum absolute atomic E-state index is 0.0880. The van der Waals surface area contributed by atoms with Crippen molar-refractivity contribution in [3.05, 3.63) is 12.7 Å². The molecule has 22 heavy (non-hydrogen) atoms. The minimum Gasteiger partial charge on any atom is -0.379 e. The Hall–Kier alpha value is -0.870. The number of hydrogen-bond donors (Lipinski definition) is 1. The molecule has 1 amide bonds. The Balaban J connectivity index is 3.18. The van der Waals surface area contributed by atoms with Crippen LogP contribution in [-0.2, 0) is 14.3 Å². The number of ether oxygens (including phenoxy) is 2. The zero-order chi connectivity index (χ0) is 16.5. The fourth-order valence-electron chi connectivity index (χ4n) is 2.05. The molecule has 0 saturated heterocycles. The van der Waals surface area contributed by atoms with Gasteiger partial charge in [0.15, 0.2) is 0 Å². The summed E-state index contributed by atoms with van der Waals surface area (Å²) in [6.45, 7) is 9.39. The van der Waals surface area contributed by atoms with E-state index in [2.05, 4.69) is 11.9 Å². The Kier molecular flexibility index (Phi) is 15.8. The fourth-order valence-corrected chi connectivity index (χ4v) is 2.05. The predicted molar refractivity (Wildman–Crippen MR) is 91.8 cm³/mol. The first-order chi connectivity index (χ1) is 10.7. The van der Waals surface area contributed by atoms with Gasteiger partial charge < -0.3 is 14.8 Å². The minimum atomic E-state index is 0.0880. The number of carbonyl (C=O) groups is 1. The zero-order valence-electron chi connectivity index (χ0n) is 14.6. The maximum absolute atomic E-state index is 11.6. The normalized spacial score (nSPS) is 10.9. The molecular weight excluding hydrogens is 278 g/mol. The van der Waals surface area contributed by atoms with Gasteiger partial charge in [0.1, 0.15) is 6.73 Å². The van der Waals surface area contributed by atoms with Crippen LogP contribution < -0.4 is 5.32 Å². The molecule has 0 fully saturated rings. The van der Waals surface area contributed by atoms with E-state index in [1.165, 1.54) is 25.7 Å². The maximum Gasteiger partial charge on any atom is 0.221 e. The van der Waals surface area contributed by atoms with E-state index in [0.717, 1.165) is 25.7 Å². The van der Waals surface area contributed by atoms with Gasteiger partial charge in [-0.3, -0.25) is 4.79 Å². The van der Waals surface area contributed by atoms with E-state index >= 15 is 0 Å². The van der Waals surface area contributed by atoms with Crippen LogP contribution in [0.4, 0.5) is 0 Å². The molecule has 0 aliphatic carbocycles. The number of allylic oxidation sites excluding steroid dienone is 1. The molecule has 0 aromatic rings. The third-order valence-corrected chi connectivity index (χ3v) is 3.32. The van der Waals surface area contributed by atoms with Crippen LogP contribution in [0.25, 0.3) is 0 Å². The molecule has 0 aliphatic rings. The predicted octanol–water partition coefficient (Wildman–Crippen LogP) is 4.20. The zero-order valence-corrected chi connectivity index (χ0v) is 14.6. The van der Waals surface area contributed by atoms with Gasteiger partial charge in [0.25, 0.3) is 0 Å². The molecule has 0 aromatic heterocycles. The van der Waals surface area contributed by atoms with Crippen LogP contribution >= 0.6 is 0 Å². The van der Waals surface area contributed by atoms with Crippen LogP contribution in [0.1, 0.15) is 71.6 Å². The lowest BCUT2D eigenvalue weighted by Crippen LogP contribution is -2.26. The molecule has 0 atom stereocenters. The molecule has 0 spiro atoms. The smallest absolute Gasteiger partial charge is 0.221 e. The number of rotatable bonds is 16. The summed E-state index contributed by atoms with van der Waals surface area (Å²) in [5.74, 6) is 0.0880. The lowest BCUT2D eigenvalue weighted by Gasteiger charge is -2.08. The summed E-state index contributed by atoms with van der Waals surface area (Å²) in [6, 6.07) is 0. The second-order valence-corrected chi connectivity index (χ2v) is 5.87. The average Bonchev–Trinajstić information content (AvgIpc) is 2.48. The largest absolute Gasteiger partial charge is 0.379 e. The molecule has 0 aromatic carbocycles. The van der Waals surface area contributed by atoms with E-state index in [1.54, 1.807) is 0 Å². The number of unbranched alkanes of at least 4 members (excludes halogenated alkanes) is 6. The summed E-state index contributed by atoms with van der Waals surface area (Å²) in [6.07, 6.45) is 11.9. The lowest BCUT2D eigenvalue weighted by atomic mass is 10.1. The fraction of sp³-hybridized carbons (Fsp3) is 0.833. The Morgan fingerprint density at radius 3 is 2.41 bits per heavy atom. The molecule has 130 valence electrons. The Morgan fingerprint density at radius 2 is 1.73 bits per heavy atom. The van der Waals surface area contributed by atoms with Crippen molar-refractivity contribution < 1.29 is 14.3 Å².